The Morgan fingerprint density at radius 2 is 2.05 bits per heavy atom. The van der Waals surface area contributed by atoms with Crippen LogP contribution in [0.25, 0.3) is 0 Å². The molecule has 1 aromatic heterocycles. The van der Waals surface area contributed by atoms with Crippen LogP contribution in [-0.2, 0) is 6.42 Å². The Bertz CT molecular complexity index is 665. The van der Waals surface area contributed by atoms with Crippen LogP contribution < -0.4 is 4.74 Å². The second-order valence-electron chi connectivity index (χ2n) is 5.34. The Kier molecular flexibility index (Phi) is 3.60. The minimum atomic E-state index is -0.0593. The van der Waals surface area contributed by atoms with Crippen molar-refractivity contribution in [3.8, 4) is 5.75 Å². The van der Waals surface area contributed by atoms with Gasteiger partial charge < -0.3 is 9.64 Å². The number of methoxy groups -OCH3 is 1. The van der Waals surface area contributed by atoms with Gasteiger partial charge in [0.25, 0.3) is 0 Å². The molecule has 0 amide bonds. The molecule has 0 aliphatic carbocycles. The lowest BCUT2D eigenvalue weighted by atomic mass is 9.90. The van der Waals surface area contributed by atoms with Gasteiger partial charge >= 0.3 is 0 Å². The molecule has 0 saturated heterocycles. The first-order valence-corrected chi connectivity index (χ1v) is 7.00. The summed E-state index contributed by atoms with van der Waals surface area (Å²) < 4.78 is 5.56. The number of hydrogen-bond acceptors (Lipinski definition) is 4. The van der Waals surface area contributed by atoms with Gasteiger partial charge in [-0.25, -0.2) is 0 Å². The van der Waals surface area contributed by atoms with Gasteiger partial charge in [-0.1, -0.05) is 18.2 Å². The molecule has 21 heavy (non-hydrogen) atoms. The summed E-state index contributed by atoms with van der Waals surface area (Å²) >= 11 is 0. The largest absolute Gasteiger partial charge is 0.496 e. The highest BCUT2D eigenvalue weighted by Crippen LogP contribution is 2.38. The van der Waals surface area contributed by atoms with Crippen LogP contribution in [0.3, 0.4) is 0 Å². The Balaban J connectivity index is 2.17. The van der Waals surface area contributed by atoms with Gasteiger partial charge in [0.2, 0.25) is 0 Å². The van der Waals surface area contributed by atoms with Crippen LogP contribution in [0.5, 0.6) is 5.75 Å². The molecule has 4 nitrogen and oxygen atoms in total. The fourth-order valence-electron chi connectivity index (χ4n) is 2.71. The molecule has 4 heteroatoms. The first kappa shape index (κ1) is 13.6. The fraction of sp³-hybridized carbons (Fsp3) is 0.294. The second-order valence-corrected chi connectivity index (χ2v) is 5.34. The van der Waals surface area contributed by atoms with Crippen molar-refractivity contribution >= 4 is 5.84 Å². The molecule has 0 saturated carbocycles. The van der Waals surface area contributed by atoms with Crippen LogP contribution in [0.1, 0.15) is 22.7 Å². The summed E-state index contributed by atoms with van der Waals surface area (Å²) in [5.74, 6) is 1.97. The summed E-state index contributed by atoms with van der Waals surface area (Å²) in [6.07, 6.45) is 4.49. The summed E-state index contributed by atoms with van der Waals surface area (Å²) in [4.78, 5) is 11.2. The van der Waals surface area contributed by atoms with Crippen LogP contribution in [0.2, 0.25) is 0 Å². The van der Waals surface area contributed by atoms with E-state index in [-0.39, 0.29) is 6.04 Å². The van der Waals surface area contributed by atoms with Crippen molar-refractivity contribution in [2.45, 2.75) is 12.5 Å². The number of pyridine rings is 1. The summed E-state index contributed by atoms with van der Waals surface area (Å²) in [7, 11) is 5.77. The summed E-state index contributed by atoms with van der Waals surface area (Å²) in [6.45, 7) is 0. The molecule has 108 valence electrons. The average molecular weight is 281 g/mol. The first-order chi connectivity index (χ1) is 10.2. The Morgan fingerprint density at radius 3 is 2.71 bits per heavy atom. The van der Waals surface area contributed by atoms with Crippen LogP contribution in [0.15, 0.2) is 47.7 Å². The minimum Gasteiger partial charge on any atom is -0.496 e. The maximum absolute atomic E-state index is 5.56. The van der Waals surface area contributed by atoms with Gasteiger partial charge in [0.1, 0.15) is 17.6 Å². The fourth-order valence-corrected chi connectivity index (χ4v) is 2.71. The highest BCUT2D eigenvalue weighted by Gasteiger charge is 2.27. The van der Waals surface area contributed by atoms with E-state index in [1.54, 1.807) is 13.3 Å². The molecule has 3 rings (SSSR count). The van der Waals surface area contributed by atoms with E-state index in [2.05, 4.69) is 22.0 Å². The second kappa shape index (κ2) is 5.56. The number of nitrogens with zero attached hydrogens (tertiary/aromatic N) is 3. The monoisotopic (exact) mass is 281 g/mol. The molecule has 2 aromatic rings. The molecular formula is C17H19N3O. The van der Waals surface area contributed by atoms with Crippen LogP contribution in [0.4, 0.5) is 0 Å². The number of likely N-dealkylation sites (N-methyl/N-ethyl adjacent to an activating group) is 1. The van der Waals surface area contributed by atoms with E-state index in [0.29, 0.717) is 0 Å². The molecule has 0 bridgehead atoms. The van der Waals surface area contributed by atoms with Gasteiger partial charge in [-0.15, -0.1) is 0 Å². The van der Waals surface area contributed by atoms with Gasteiger partial charge in [0, 0.05) is 38.5 Å². The van der Waals surface area contributed by atoms with Gasteiger partial charge in [0.05, 0.1) is 7.11 Å². The summed E-state index contributed by atoms with van der Waals surface area (Å²) in [6, 6.07) is 10.1. The van der Waals surface area contributed by atoms with E-state index in [1.807, 2.05) is 38.5 Å². The first-order valence-electron chi connectivity index (χ1n) is 7.00. The normalized spacial score (nSPS) is 16.9. The van der Waals surface area contributed by atoms with Gasteiger partial charge in [0.15, 0.2) is 0 Å². The number of ether oxygens (including phenoxy) is 1. The predicted molar refractivity (Wildman–Crippen MR) is 83.9 cm³/mol. The SMILES string of the molecule is COc1cccc2c1C(c1cccnc1)N=C(N(C)C)C2. The molecule has 1 aromatic carbocycles. The van der Waals surface area contributed by atoms with Crippen molar-refractivity contribution in [3.63, 3.8) is 0 Å². The molecule has 1 unspecified atom stereocenters. The standard InChI is InChI=1S/C17H19N3O/c1-20(2)15-10-12-6-4-8-14(21-3)16(12)17(19-15)13-7-5-9-18-11-13/h4-9,11,17H,10H2,1-3H3. The third-order valence-electron chi connectivity index (χ3n) is 3.79. The number of aliphatic imine (C=N–C) groups is 1. The smallest absolute Gasteiger partial charge is 0.124 e. The molecule has 0 N–H and O–H groups in total. The van der Waals surface area contributed by atoms with E-state index in [4.69, 9.17) is 9.73 Å². The number of hydrogen-bond donors (Lipinski definition) is 0. The number of aromatic nitrogens is 1. The maximum atomic E-state index is 5.56. The molecule has 1 atom stereocenters. The topological polar surface area (TPSA) is 37.7 Å². The zero-order valence-electron chi connectivity index (χ0n) is 12.6. The lowest BCUT2D eigenvalue weighted by molar-refractivity contribution is 0.406. The van der Waals surface area contributed by atoms with Crippen LogP contribution >= 0.6 is 0 Å². The molecular weight excluding hydrogens is 262 g/mol. The molecule has 1 aliphatic heterocycles. The number of amidine groups is 1. The van der Waals surface area contributed by atoms with E-state index in [1.165, 1.54) is 5.56 Å². The van der Waals surface area contributed by atoms with Crippen molar-refractivity contribution in [1.29, 1.82) is 0 Å². The third kappa shape index (κ3) is 2.49. The average Bonchev–Trinajstić information content (AvgIpc) is 2.53. The third-order valence-corrected chi connectivity index (χ3v) is 3.79. The number of fused-ring (bicyclic) bond motifs is 1. The Hall–Kier alpha value is -2.36. The van der Waals surface area contributed by atoms with Crippen molar-refractivity contribution in [1.82, 2.24) is 9.88 Å². The number of rotatable bonds is 2. The zero-order chi connectivity index (χ0) is 14.8. The molecule has 0 spiro atoms. The van der Waals surface area contributed by atoms with E-state index < -0.39 is 0 Å². The molecule has 1 aliphatic rings. The van der Waals surface area contributed by atoms with E-state index in [0.717, 1.165) is 29.1 Å². The lowest BCUT2D eigenvalue weighted by Gasteiger charge is -2.28. The van der Waals surface area contributed by atoms with E-state index >= 15 is 0 Å². The highest BCUT2D eigenvalue weighted by atomic mass is 16.5. The molecule has 0 radical (unpaired) electrons. The summed E-state index contributed by atoms with van der Waals surface area (Å²) in [5.41, 5.74) is 3.50. The van der Waals surface area contributed by atoms with Gasteiger partial charge in [-0.3, -0.25) is 9.98 Å². The molecule has 2 heterocycles. The van der Waals surface area contributed by atoms with Gasteiger partial charge in [-0.2, -0.15) is 0 Å². The van der Waals surface area contributed by atoms with Crippen LogP contribution in [-0.4, -0.2) is 36.9 Å². The van der Waals surface area contributed by atoms with E-state index in [9.17, 15) is 0 Å². The van der Waals surface area contributed by atoms with Crippen molar-refractivity contribution in [3.05, 3.63) is 59.4 Å². The highest BCUT2D eigenvalue weighted by molar-refractivity contribution is 5.87. The lowest BCUT2D eigenvalue weighted by Crippen LogP contribution is -2.29. The maximum Gasteiger partial charge on any atom is 0.124 e. The minimum absolute atomic E-state index is 0.0593. The predicted octanol–water partition coefficient (Wildman–Crippen LogP) is 2.70. The van der Waals surface area contributed by atoms with Gasteiger partial charge in [-0.05, 0) is 23.3 Å². The summed E-state index contributed by atoms with van der Waals surface area (Å²) in [5, 5.41) is 0. The Morgan fingerprint density at radius 1 is 1.19 bits per heavy atom. The molecule has 0 fully saturated rings. The van der Waals surface area contributed by atoms with Crippen molar-refractivity contribution in [2.24, 2.45) is 4.99 Å². The quantitative estimate of drug-likeness (QED) is 0.849. The van der Waals surface area contributed by atoms with Crippen molar-refractivity contribution in [2.75, 3.05) is 21.2 Å². The number of benzene rings is 1. The van der Waals surface area contributed by atoms with Crippen molar-refractivity contribution < 1.29 is 4.74 Å². The van der Waals surface area contributed by atoms with Crippen LogP contribution in [0, 0.1) is 0 Å². The zero-order valence-corrected chi connectivity index (χ0v) is 12.6. The Labute approximate surface area is 125 Å².